The summed E-state index contributed by atoms with van der Waals surface area (Å²) in [5, 5.41) is 11.2. The number of hydrogen-bond acceptors (Lipinski definition) is 3. The maximum absolute atomic E-state index is 14.0. The van der Waals surface area contributed by atoms with Crippen molar-refractivity contribution < 1.29 is 9.18 Å². The molecule has 5 nitrogen and oxygen atoms in total. The number of nitrogens with one attached hydrogen (secondary N) is 2. The smallest absolute Gasteiger partial charge is 0.259 e. The van der Waals surface area contributed by atoms with Gasteiger partial charge in [0.2, 0.25) is 0 Å². The van der Waals surface area contributed by atoms with Crippen LogP contribution in [-0.2, 0) is 0 Å². The Kier molecular flexibility index (Phi) is 7.13. The summed E-state index contributed by atoms with van der Waals surface area (Å²) in [6, 6.07) is 11.8. The van der Waals surface area contributed by atoms with E-state index in [1.807, 2.05) is 29.8 Å². The molecule has 1 amide bonds. The van der Waals surface area contributed by atoms with E-state index in [1.165, 1.54) is 6.07 Å². The van der Waals surface area contributed by atoms with E-state index < -0.39 is 5.82 Å². The highest BCUT2D eigenvalue weighted by Crippen LogP contribution is 2.32. The minimum Gasteiger partial charge on any atom is -0.319 e. The number of piperidine rings is 1. The standard InChI is InChI=1S/C22H22ClFN4O.ClH/c1-14-17(23)5-4-8-20(14)28-21(15-9-11-25-12-10-15)16(13-26-28)22(29)27-19-7-3-2-6-18(19)24;/h2-8,13,15,25H,9-12H2,1H3,(H,27,29);1H. The van der Waals surface area contributed by atoms with Gasteiger partial charge in [-0.25, -0.2) is 9.07 Å². The first kappa shape index (κ1) is 22.3. The first-order valence-electron chi connectivity index (χ1n) is 9.66. The molecule has 1 fully saturated rings. The summed E-state index contributed by atoms with van der Waals surface area (Å²) in [6.45, 7) is 3.68. The molecule has 0 spiro atoms. The van der Waals surface area contributed by atoms with Gasteiger partial charge in [0.15, 0.2) is 0 Å². The van der Waals surface area contributed by atoms with Crippen molar-refractivity contribution in [1.82, 2.24) is 15.1 Å². The lowest BCUT2D eigenvalue weighted by Crippen LogP contribution is -2.29. The molecular formula is C22H23Cl2FN4O. The Morgan fingerprint density at radius 1 is 1.20 bits per heavy atom. The van der Waals surface area contributed by atoms with Crippen LogP contribution in [0.25, 0.3) is 5.69 Å². The molecule has 1 aliphatic rings. The second-order valence-electron chi connectivity index (χ2n) is 7.20. The van der Waals surface area contributed by atoms with Crippen LogP contribution in [0.3, 0.4) is 0 Å². The second kappa shape index (κ2) is 9.60. The average molecular weight is 449 g/mol. The predicted molar refractivity (Wildman–Crippen MR) is 120 cm³/mol. The first-order valence-corrected chi connectivity index (χ1v) is 10.0. The van der Waals surface area contributed by atoms with Crippen molar-refractivity contribution in [3.8, 4) is 5.69 Å². The summed E-state index contributed by atoms with van der Waals surface area (Å²) >= 11 is 6.32. The number of hydrogen-bond donors (Lipinski definition) is 2. The Morgan fingerprint density at radius 2 is 1.93 bits per heavy atom. The molecular weight excluding hydrogens is 426 g/mol. The summed E-state index contributed by atoms with van der Waals surface area (Å²) < 4.78 is 15.8. The first-order chi connectivity index (χ1) is 14.1. The molecule has 1 saturated heterocycles. The highest BCUT2D eigenvalue weighted by atomic mass is 35.5. The number of nitrogens with zero attached hydrogens (tertiary/aromatic N) is 2. The summed E-state index contributed by atoms with van der Waals surface area (Å²) in [4.78, 5) is 13.1. The molecule has 2 N–H and O–H groups in total. The minimum absolute atomic E-state index is 0. The van der Waals surface area contributed by atoms with Gasteiger partial charge in [-0.1, -0.05) is 29.8 Å². The summed E-state index contributed by atoms with van der Waals surface area (Å²) in [7, 11) is 0. The van der Waals surface area contributed by atoms with E-state index in [2.05, 4.69) is 15.7 Å². The number of aromatic nitrogens is 2. The lowest BCUT2D eigenvalue weighted by Gasteiger charge is -2.25. The maximum atomic E-state index is 14.0. The van der Waals surface area contributed by atoms with Crippen molar-refractivity contribution in [2.75, 3.05) is 18.4 Å². The SMILES string of the molecule is Cc1c(Cl)cccc1-n1ncc(C(=O)Nc2ccccc2F)c1C1CCNCC1.Cl. The summed E-state index contributed by atoms with van der Waals surface area (Å²) in [6.07, 6.45) is 3.35. The minimum atomic E-state index is -0.470. The van der Waals surface area contributed by atoms with Crippen LogP contribution in [-0.4, -0.2) is 28.8 Å². The number of benzene rings is 2. The summed E-state index contributed by atoms with van der Waals surface area (Å²) in [5.74, 6) is -0.671. The molecule has 4 rings (SSSR count). The third kappa shape index (κ3) is 4.36. The molecule has 1 aromatic heterocycles. The van der Waals surface area contributed by atoms with Gasteiger partial charge in [0.05, 0.1) is 28.8 Å². The van der Waals surface area contributed by atoms with Crippen LogP contribution < -0.4 is 10.6 Å². The van der Waals surface area contributed by atoms with Gasteiger partial charge in [0, 0.05) is 10.9 Å². The van der Waals surface area contributed by atoms with Crippen LogP contribution in [0, 0.1) is 12.7 Å². The van der Waals surface area contributed by atoms with Crippen LogP contribution in [0.1, 0.15) is 40.4 Å². The van der Waals surface area contributed by atoms with E-state index in [9.17, 15) is 9.18 Å². The number of amides is 1. The molecule has 8 heteroatoms. The number of anilines is 1. The van der Waals surface area contributed by atoms with Gasteiger partial charge in [-0.15, -0.1) is 12.4 Å². The van der Waals surface area contributed by atoms with Crippen LogP contribution in [0.4, 0.5) is 10.1 Å². The Morgan fingerprint density at radius 3 is 2.67 bits per heavy atom. The number of para-hydroxylation sites is 1. The van der Waals surface area contributed by atoms with E-state index >= 15 is 0 Å². The number of carbonyl (C=O) groups is 1. The predicted octanol–water partition coefficient (Wildman–Crippen LogP) is 5.11. The van der Waals surface area contributed by atoms with Gasteiger partial charge in [-0.3, -0.25) is 4.79 Å². The van der Waals surface area contributed by atoms with Crippen molar-refractivity contribution >= 4 is 35.6 Å². The van der Waals surface area contributed by atoms with E-state index in [-0.39, 0.29) is 29.9 Å². The van der Waals surface area contributed by atoms with E-state index in [4.69, 9.17) is 11.6 Å². The lowest BCUT2D eigenvalue weighted by atomic mass is 9.91. The van der Waals surface area contributed by atoms with Crippen molar-refractivity contribution in [3.05, 3.63) is 76.3 Å². The van der Waals surface area contributed by atoms with Crippen molar-refractivity contribution in [2.45, 2.75) is 25.7 Å². The largest absolute Gasteiger partial charge is 0.319 e. The van der Waals surface area contributed by atoms with E-state index in [0.717, 1.165) is 42.9 Å². The zero-order valence-corrected chi connectivity index (χ0v) is 18.1. The number of halogens is 3. The number of carbonyl (C=O) groups excluding carboxylic acids is 1. The molecule has 0 saturated carbocycles. The lowest BCUT2D eigenvalue weighted by molar-refractivity contribution is 0.102. The van der Waals surface area contributed by atoms with E-state index in [0.29, 0.717) is 10.6 Å². The van der Waals surface area contributed by atoms with Crippen molar-refractivity contribution in [1.29, 1.82) is 0 Å². The molecule has 1 aliphatic heterocycles. The van der Waals surface area contributed by atoms with Crippen LogP contribution in [0.15, 0.2) is 48.7 Å². The third-order valence-electron chi connectivity index (χ3n) is 5.37. The van der Waals surface area contributed by atoms with Gasteiger partial charge in [-0.05, 0) is 62.7 Å². The molecule has 0 radical (unpaired) electrons. The summed E-state index contributed by atoms with van der Waals surface area (Å²) in [5.41, 5.74) is 3.19. The molecule has 2 heterocycles. The van der Waals surface area contributed by atoms with Crippen LogP contribution in [0.5, 0.6) is 0 Å². The van der Waals surface area contributed by atoms with Gasteiger partial charge < -0.3 is 10.6 Å². The van der Waals surface area contributed by atoms with Crippen molar-refractivity contribution in [3.63, 3.8) is 0 Å². The Balaban J connectivity index is 0.00000256. The van der Waals surface area contributed by atoms with Gasteiger partial charge in [0.25, 0.3) is 5.91 Å². The number of rotatable bonds is 4. The van der Waals surface area contributed by atoms with Crippen molar-refractivity contribution in [2.24, 2.45) is 0 Å². The third-order valence-corrected chi connectivity index (χ3v) is 5.78. The van der Waals surface area contributed by atoms with Gasteiger partial charge >= 0.3 is 0 Å². The molecule has 30 heavy (non-hydrogen) atoms. The fourth-order valence-electron chi connectivity index (χ4n) is 3.79. The Labute approximate surface area is 186 Å². The molecule has 0 bridgehead atoms. The Bertz CT molecular complexity index is 1050. The van der Waals surface area contributed by atoms with Gasteiger partial charge in [-0.2, -0.15) is 5.10 Å². The fraction of sp³-hybridized carbons (Fsp3) is 0.273. The average Bonchev–Trinajstić information content (AvgIpc) is 3.17. The van der Waals surface area contributed by atoms with Gasteiger partial charge in [0.1, 0.15) is 5.82 Å². The fourth-order valence-corrected chi connectivity index (χ4v) is 3.96. The van der Waals surface area contributed by atoms with Crippen LogP contribution in [0.2, 0.25) is 5.02 Å². The topological polar surface area (TPSA) is 59.0 Å². The zero-order valence-electron chi connectivity index (χ0n) is 16.5. The molecule has 158 valence electrons. The highest BCUT2D eigenvalue weighted by molar-refractivity contribution is 6.31. The zero-order chi connectivity index (χ0) is 20.4. The normalized spacial score (nSPS) is 14.2. The second-order valence-corrected chi connectivity index (χ2v) is 7.60. The highest BCUT2D eigenvalue weighted by Gasteiger charge is 2.28. The Hall–Kier alpha value is -2.41. The maximum Gasteiger partial charge on any atom is 0.259 e. The van der Waals surface area contributed by atoms with Crippen LogP contribution >= 0.6 is 24.0 Å². The quantitative estimate of drug-likeness (QED) is 0.582. The molecule has 0 atom stereocenters. The molecule has 0 unspecified atom stereocenters. The monoisotopic (exact) mass is 448 g/mol. The molecule has 2 aromatic carbocycles. The molecule has 0 aliphatic carbocycles. The molecule has 3 aromatic rings. The van der Waals surface area contributed by atoms with E-state index in [1.54, 1.807) is 24.4 Å².